The Morgan fingerprint density at radius 2 is 1.83 bits per heavy atom. The standard InChI is InChI=1S/C37H43N3O8/c1-37(2,3)32(34(41)42)40-36(44)48-30-19-24(30)15-9-6-10-17-27-31(46-22-23-13-7-5-8-14-23)26-16-11-12-18-28(26)39-33(27)47-25-20-29(38-21-25)35(43)45-4/h5,7-8,11-14,16,18,24-25,29-30,32,38H,6,9,15,19-22H2,1-4H3,(H,40,44)(H,41,42)/t24-,25-,29+,30-,32-/m1/s1. The number of amides is 1. The smallest absolute Gasteiger partial charge is 0.408 e. The topological polar surface area (TPSA) is 145 Å². The zero-order valence-electron chi connectivity index (χ0n) is 27.8. The lowest BCUT2D eigenvalue weighted by atomic mass is 9.87. The van der Waals surface area contributed by atoms with E-state index in [4.69, 9.17) is 23.9 Å². The van der Waals surface area contributed by atoms with Crippen molar-refractivity contribution in [3.8, 4) is 23.5 Å². The van der Waals surface area contributed by atoms with Gasteiger partial charge in [-0.25, -0.2) is 14.6 Å². The number of nitrogens with zero attached hydrogens (tertiary/aromatic N) is 1. The second-order valence-corrected chi connectivity index (χ2v) is 13.3. The summed E-state index contributed by atoms with van der Waals surface area (Å²) in [4.78, 5) is 40.9. The number of carbonyl (C=O) groups is 3. The Morgan fingerprint density at radius 3 is 2.56 bits per heavy atom. The van der Waals surface area contributed by atoms with Crippen LogP contribution in [0.25, 0.3) is 10.9 Å². The van der Waals surface area contributed by atoms with E-state index >= 15 is 0 Å². The number of aromatic nitrogens is 1. The van der Waals surface area contributed by atoms with Gasteiger partial charge in [0.05, 0.1) is 12.6 Å². The van der Waals surface area contributed by atoms with Gasteiger partial charge in [0.1, 0.15) is 42.2 Å². The first-order valence-electron chi connectivity index (χ1n) is 16.3. The van der Waals surface area contributed by atoms with Crippen LogP contribution >= 0.6 is 0 Å². The highest BCUT2D eigenvalue weighted by atomic mass is 16.6. The molecule has 2 aliphatic rings. The van der Waals surface area contributed by atoms with Gasteiger partial charge in [-0.1, -0.05) is 75.1 Å². The molecule has 2 fully saturated rings. The van der Waals surface area contributed by atoms with Gasteiger partial charge < -0.3 is 34.7 Å². The minimum absolute atomic E-state index is 0.207. The van der Waals surface area contributed by atoms with Crippen LogP contribution in [0.15, 0.2) is 54.6 Å². The van der Waals surface area contributed by atoms with Crippen molar-refractivity contribution < 1.29 is 38.4 Å². The van der Waals surface area contributed by atoms with Gasteiger partial charge >= 0.3 is 18.0 Å². The molecule has 1 aromatic heterocycles. The molecular formula is C37H43N3O8. The minimum Gasteiger partial charge on any atom is -0.487 e. The summed E-state index contributed by atoms with van der Waals surface area (Å²) in [7, 11) is 1.37. The van der Waals surface area contributed by atoms with Gasteiger partial charge in [0.25, 0.3) is 0 Å². The van der Waals surface area contributed by atoms with Gasteiger partial charge in [0, 0.05) is 24.8 Å². The van der Waals surface area contributed by atoms with Crippen molar-refractivity contribution in [2.75, 3.05) is 13.7 Å². The molecule has 0 radical (unpaired) electrons. The molecule has 11 heteroatoms. The third-order valence-corrected chi connectivity index (χ3v) is 8.47. The van der Waals surface area contributed by atoms with E-state index in [1.807, 2.05) is 54.6 Å². The zero-order chi connectivity index (χ0) is 34.3. The number of esters is 1. The van der Waals surface area contributed by atoms with Gasteiger partial charge in [-0.15, -0.1) is 0 Å². The van der Waals surface area contributed by atoms with Crippen molar-refractivity contribution in [2.45, 2.75) is 83.8 Å². The zero-order valence-corrected chi connectivity index (χ0v) is 27.8. The third kappa shape index (κ3) is 8.95. The van der Waals surface area contributed by atoms with Gasteiger partial charge in [0.2, 0.25) is 5.88 Å². The Morgan fingerprint density at radius 1 is 1.08 bits per heavy atom. The van der Waals surface area contributed by atoms with Gasteiger partial charge in [-0.3, -0.25) is 4.79 Å². The number of methoxy groups -OCH3 is 1. The Kier molecular flexibility index (Phi) is 11.1. The maximum absolute atomic E-state index is 12.3. The number of fused-ring (bicyclic) bond motifs is 1. The fourth-order valence-corrected chi connectivity index (χ4v) is 5.72. The maximum Gasteiger partial charge on any atom is 0.408 e. The average Bonchev–Trinajstić information content (AvgIpc) is 3.62. The van der Waals surface area contributed by atoms with Crippen molar-refractivity contribution in [3.05, 3.63) is 65.7 Å². The van der Waals surface area contributed by atoms with Crippen LogP contribution in [0, 0.1) is 23.2 Å². The lowest BCUT2D eigenvalue weighted by Crippen LogP contribution is -2.49. The Hall–Kier alpha value is -4.82. The SMILES string of the molecule is COC(=O)[C@@H]1C[C@@H](Oc2nc3ccccc3c(OCc3ccccc3)c2C#CCCC[C@@H]2C[C@H]2OC(=O)N[C@H](C(=O)O)C(C)(C)C)CN1. The number of aliphatic carboxylic acids is 1. The lowest BCUT2D eigenvalue weighted by Gasteiger charge is -2.27. The highest BCUT2D eigenvalue weighted by molar-refractivity contribution is 5.89. The summed E-state index contributed by atoms with van der Waals surface area (Å²) in [6.45, 7) is 6.04. The summed E-state index contributed by atoms with van der Waals surface area (Å²) in [5.74, 6) is 6.27. The first-order chi connectivity index (χ1) is 23.0. The molecule has 1 aliphatic carbocycles. The number of carboxylic acids is 1. The molecule has 1 aliphatic heterocycles. The van der Waals surface area contributed by atoms with Crippen LogP contribution in [0.2, 0.25) is 0 Å². The van der Waals surface area contributed by atoms with Crippen molar-refractivity contribution in [3.63, 3.8) is 0 Å². The quantitative estimate of drug-likeness (QED) is 0.134. The molecule has 1 saturated heterocycles. The van der Waals surface area contributed by atoms with Crippen LogP contribution in [0.1, 0.15) is 64.0 Å². The summed E-state index contributed by atoms with van der Waals surface area (Å²) < 4.78 is 23.2. The average molecular weight is 658 g/mol. The predicted molar refractivity (Wildman–Crippen MR) is 178 cm³/mol. The largest absolute Gasteiger partial charge is 0.487 e. The summed E-state index contributed by atoms with van der Waals surface area (Å²) >= 11 is 0. The van der Waals surface area contributed by atoms with Crippen molar-refractivity contribution in [2.24, 2.45) is 11.3 Å². The fraction of sp³-hybridized carbons (Fsp3) is 0.459. The first-order valence-corrected chi connectivity index (χ1v) is 16.3. The number of alkyl carbamates (subject to hydrolysis) is 1. The first kappa shape index (κ1) is 34.5. The molecule has 2 heterocycles. The molecule has 254 valence electrons. The van der Waals surface area contributed by atoms with Crippen LogP contribution in [0.4, 0.5) is 4.79 Å². The van der Waals surface area contributed by atoms with Crippen LogP contribution in [0.3, 0.4) is 0 Å². The summed E-state index contributed by atoms with van der Waals surface area (Å²) in [6.07, 6.45) is 2.09. The lowest BCUT2D eigenvalue weighted by molar-refractivity contribution is -0.143. The highest BCUT2D eigenvalue weighted by Crippen LogP contribution is 2.39. The molecule has 5 atom stereocenters. The van der Waals surface area contributed by atoms with Crippen molar-refractivity contribution in [1.29, 1.82) is 0 Å². The summed E-state index contributed by atoms with van der Waals surface area (Å²) in [6, 6.07) is 16.1. The highest BCUT2D eigenvalue weighted by Gasteiger charge is 2.41. The van der Waals surface area contributed by atoms with E-state index in [2.05, 4.69) is 22.5 Å². The molecule has 3 N–H and O–H groups in total. The molecule has 5 rings (SSSR count). The number of carboxylic acid groups (broad SMARTS) is 1. The maximum atomic E-state index is 12.3. The number of rotatable bonds is 12. The fourth-order valence-electron chi connectivity index (χ4n) is 5.72. The van der Waals surface area contributed by atoms with Gasteiger partial charge in [-0.2, -0.15) is 0 Å². The number of unbranched alkanes of at least 4 members (excludes halogenated alkanes) is 1. The number of pyridine rings is 1. The number of ether oxygens (including phenoxy) is 4. The molecule has 0 spiro atoms. The Bertz CT molecular complexity index is 1680. The predicted octanol–water partition coefficient (Wildman–Crippen LogP) is 5.23. The van der Waals surface area contributed by atoms with E-state index in [-0.39, 0.29) is 24.1 Å². The van der Waals surface area contributed by atoms with E-state index in [1.54, 1.807) is 20.8 Å². The molecule has 48 heavy (non-hydrogen) atoms. The van der Waals surface area contributed by atoms with E-state index in [0.29, 0.717) is 48.7 Å². The summed E-state index contributed by atoms with van der Waals surface area (Å²) in [5.41, 5.74) is 1.61. The number of nitrogens with one attached hydrogen (secondary N) is 2. The Labute approximate surface area is 280 Å². The number of hydrogen-bond donors (Lipinski definition) is 3. The molecule has 0 bridgehead atoms. The van der Waals surface area contributed by atoms with Gasteiger partial charge in [-0.05, 0) is 48.3 Å². The molecule has 2 aromatic carbocycles. The minimum atomic E-state index is -1.10. The van der Waals surface area contributed by atoms with Crippen LogP contribution in [-0.4, -0.2) is 66.1 Å². The van der Waals surface area contributed by atoms with Crippen LogP contribution in [0.5, 0.6) is 11.6 Å². The van der Waals surface area contributed by atoms with E-state index in [0.717, 1.165) is 30.2 Å². The number of hydrogen-bond acceptors (Lipinski definition) is 9. The molecule has 11 nitrogen and oxygen atoms in total. The van der Waals surface area contributed by atoms with E-state index in [9.17, 15) is 19.5 Å². The molecule has 0 unspecified atom stereocenters. The van der Waals surface area contributed by atoms with Crippen molar-refractivity contribution >= 4 is 28.9 Å². The summed E-state index contributed by atoms with van der Waals surface area (Å²) in [5, 5.41) is 15.9. The number of para-hydroxylation sites is 1. The van der Waals surface area contributed by atoms with E-state index in [1.165, 1.54) is 7.11 Å². The van der Waals surface area contributed by atoms with Crippen LogP contribution in [-0.2, 0) is 25.7 Å². The molecular weight excluding hydrogens is 614 g/mol. The van der Waals surface area contributed by atoms with Crippen LogP contribution < -0.4 is 20.1 Å². The third-order valence-electron chi connectivity index (χ3n) is 8.47. The normalized spacial score (nSPS) is 20.6. The Balaban J connectivity index is 1.27. The monoisotopic (exact) mass is 657 g/mol. The second-order valence-electron chi connectivity index (χ2n) is 13.3. The number of benzene rings is 2. The molecule has 1 saturated carbocycles. The van der Waals surface area contributed by atoms with Gasteiger partial charge in [0.15, 0.2) is 0 Å². The van der Waals surface area contributed by atoms with Crippen molar-refractivity contribution in [1.82, 2.24) is 15.6 Å². The second kappa shape index (κ2) is 15.4. The van der Waals surface area contributed by atoms with E-state index < -0.39 is 29.6 Å². The number of carbonyl (C=O) groups excluding carboxylic acids is 2. The molecule has 3 aromatic rings. The molecule has 1 amide bonds.